The molecule has 32 heavy (non-hydrogen) atoms. The first-order valence-electron chi connectivity index (χ1n) is 10.3. The molecule has 2 N–H and O–H groups in total. The number of benzene rings is 3. The van der Waals surface area contributed by atoms with Crippen LogP contribution in [0.3, 0.4) is 0 Å². The standard InChI is InChI=1S/C25H25ClN2O4/c26-21-13-11-19(12-14-21)17-28(16-6-15-27-25(30)31)24(29)22-9-4-5-10-23(22)32-18-20-7-2-1-3-8-20/h1-5,7-14,27H,6,15-18H2,(H,30,31). The molecule has 0 heterocycles. The number of hydrogen-bond donors (Lipinski definition) is 2. The lowest BCUT2D eigenvalue weighted by atomic mass is 10.1. The number of hydrogen-bond acceptors (Lipinski definition) is 3. The first-order valence-corrected chi connectivity index (χ1v) is 10.7. The van der Waals surface area contributed by atoms with Gasteiger partial charge in [-0.2, -0.15) is 0 Å². The van der Waals surface area contributed by atoms with Crippen LogP contribution in [-0.2, 0) is 13.2 Å². The highest BCUT2D eigenvalue weighted by molar-refractivity contribution is 6.30. The van der Waals surface area contributed by atoms with Gasteiger partial charge in [0.05, 0.1) is 5.56 Å². The first kappa shape index (κ1) is 23.2. The minimum Gasteiger partial charge on any atom is -0.488 e. The smallest absolute Gasteiger partial charge is 0.404 e. The number of amides is 2. The van der Waals surface area contributed by atoms with E-state index in [1.807, 2.05) is 48.5 Å². The van der Waals surface area contributed by atoms with E-state index in [1.54, 1.807) is 35.2 Å². The molecule has 0 aliphatic rings. The van der Waals surface area contributed by atoms with Crippen LogP contribution < -0.4 is 10.1 Å². The van der Waals surface area contributed by atoms with Gasteiger partial charge in [0.15, 0.2) is 0 Å². The molecule has 0 bridgehead atoms. The molecule has 0 atom stereocenters. The molecule has 6 nitrogen and oxygen atoms in total. The summed E-state index contributed by atoms with van der Waals surface area (Å²) in [5, 5.41) is 11.8. The predicted octanol–water partition coefficient (Wildman–Crippen LogP) is 5.22. The van der Waals surface area contributed by atoms with Crippen LogP contribution in [0.15, 0.2) is 78.9 Å². The Kier molecular flexibility index (Phi) is 8.52. The van der Waals surface area contributed by atoms with E-state index in [9.17, 15) is 9.59 Å². The maximum absolute atomic E-state index is 13.5. The lowest BCUT2D eigenvalue weighted by Crippen LogP contribution is -2.34. The number of carbonyl (C=O) groups excluding carboxylic acids is 1. The summed E-state index contributed by atoms with van der Waals surface area (Å²) in [5.74, 6) is 0.324. The Labute approximate surface area is 192 Å². The first-order chi connectivity index (χ1) is 15.5. The zero-order valence-corrected chi connectivity index (χ0v) is 18.3. The summed E-state index contributed by atoms with van der Waals surface area (Å²) < 4.78 is 5.96. The molecule has 0 aromatic heterocycles. The Bertz CT molecular complexity index is 1030. The average molecular weight is 453 g/mol. The molecule has 166 valence electrons. The van der Waals surface area contributed by atoms with Crippen LogP contribution in [0.1, 0.15) is 27.9 Å². The van der Waals surface area contributed by atoms with Crippen molar-refractivity contribution in [3.05, 3.63) is 101 Å². The van der Waals surface area contributed by atoms with Gasteiger partial charge in [-0.25, -0.2) is 4.79 Å². The fourth-order valence-electron chi connectivity index (χ4n) is 3.20. The van der Waals surface area contributed by atoms with Crippen LogP contribution in [0.4, 0.5) is 4.79 Å². The minimum absolute atomic E-state index is 0.182. The number of halogens is 1. The third-order valence-corrected chi connectivity index (χ3v) is 5.06. The van der Waals surface area contributed by atoms with Gasteiger partial charge in [0.25, 0.3) is 5.91 Å². The van der Waals surface area contributed by atoms with Crippen molar-refractivity contribution in [2.75, 3.05) is 13.1 Å². The van der Waals surface area contributed by atoms with Crippen LogP contribution in [-0.4, -0.2) is 35.1 Å². The van der Waals surface area contributed by atoms with Gasteiger partial charge in [0, 0.05) is 24.7 Å². The van der Waals surface area contributed by atoms with Crippen LogP contribution in [0.25, 0.3) is 0 Å². The number of carbonyl (C=O) groups is 2. The summed E-state index contributed by atoms with van der Waals surface area (Å²) in [6.45, 7) is 1.36. The maximum atomic E-state index is 13.5. The Morgan fingerprint density at radius 1 is 0.906 bits per heavy atom. The van der Waals surface area contributed by atoms with Crippen molar-refractivity contribution in [1.82, 2.24) is 10.2 Å². The topological polar surface area (TPSA) is 78.9 Å². The zero-order valence-electron chi connectivity index (χ0n) is 17.5. The molecular formula is C25H25ClN2O4. The van der Waals surface area contributed by atoms with Gasteiger partial charge in [0.1, 0.15) is 12.4 Å². The van der Waals surface area contributed by atoms with E-state index in [4.69, 9.17) is 21.4 Å². The molecule has 0 saturated carbocycles. The second-order valence-electron chi connectivity index (χ2n) is 7.21. The van der Waals surface area contributed by atoms with E-state index in [0.29, 0.717) is 42.5 Å². The monoisotopic (exact) mass is 452 g/mol. The molecule has 0 unspecified atom stereocenters. The largest absolute Gasteiger partial charge is 0.488 e. The molecule has 0 saturated heterocycles. The fourth-order valence-corrected chi connectivity index (χ4v) is 3.33. The summed E-state index contributed by atoms with van der Waals surface area (Å²) in [7, 11) is 0. The van der Waals surface area contributed by atoms with Crippen molar-refractivity contribution < 1.29 is 19.4 Å². The molecule has 0 aliphatic heterocycles. The number of rotatable bonds is 10. The van der Waals surface area contributed by atoms with E-state index in [-0.39, 0.29) is 12.5 Å². The minimum atomic E-state index is -1.08. The van der Waals surface area contributed by atoms with Crippen molar-refractivity contribution in [3.63, 3.8) is 0 Å². The number of carboxylic acid groups (broad SMARTS) is 1. The lowest BCUT2D eigenvalue weighted by molar-refractivity contribution is 0.0736. The zero-order chi connectivity index (χ0) is 22.8. The molecule has 7 heteroatoms. The molecular weight excluding hydrogens is 428 g/mol. The molecule has 2 amide bonds. The molecule has 0 fully saturated rings. The molecule has 0 radical (unpaired) electrons. The number of nitrogens with zero attached hydrogens (tertiary/aromatic N) is 1. The maximum Gasteiger partial charge on any atom is 0.404 e. The van der Waals surface area contributed by atoms with Crippen molar-refractivity contribution >= 4 is 23.6 Å². The summed E-state index contributed by atoms with van der Waals surface area (Å²) >= 11 is 5.98. The molecule has 3 rings (SSSR count). The summed E-state index contributed by atoms with van der Waals surface area (Å²) in [4.78, 5) is 25.9. The van der Waals surface area contributed by atoms with Gasteiger partial charge < -0.3 is 20.1 Å². The second-order valence-corrected chi connectivity index (χ2v) is 7.65. The highest BCUT2D eigenvalue weighted by atomic mass is 35.5. The Morgan fingerprint density at radius 3 is 2.31 bits per heavy atom. The van der Waals surface area contributed by atoms with Gasteiger partial charge in [0.2, 0.25) is 0 Å². The predicted molar refractivity (Wildman–Crippen MR) is 124 cm³/mol. The highest BCUT2D eigenvalue weighted by Crippen LogP contribution is 2.23. The van der Waals surface area contributed by atoms with Crippen LogP contribution in [0.2, 0.25) is 5.02 Å². The van der Waals surface area contributed by atoms with Crippen molar-refractivity contribution in [2.24, 2.45) is 0 Å². The fraction of sp³-hybridized carbons (Fsp3) is 0.200. The normalized spacial score (nSPS) is 10.4. The number of ether oxygens (including phenoxy) is 1. The molecule has 3 aromatic rings. The van der Waals surface area contributed by atoms with Gasteiger partial charge in [-0.05, 0) is 41.8 Å². The van der Waals surface area contributed by atoms with Crippen molar-refractivity contribution in [1.29, 1.82) is 0 Å². The number of para-hydroxylation sites is 1. The van der Waals surface area contributed by atoms with Gasteiger partial charge in [-0.15, -0.1) is 0 Å². The third kappa shape index (κ3) is 7.03. The number of nitrogens with one attached hydrogen (secondary N) is 1. The van der Waals surface area contributed by atoms with Crippen molar-refractivity contribution in [2.45, 2.75) is 19.6 Å². The second kappa shape index (κ2) is 11.8. The van der Waals surface area contributed by atoms with Gasteiger partial charge in [-0.1, -0.05) is 66.2 Å². The summed E-state index contributed by atoms with van der Waals surface area (Å²) in [6.07, 6.45) is -0.598. The van der Waals surface area contributed by atoms with Crippen LogP contribution in [0, 0.1) is 0 Å². The van der Waals surface area contributed by atoms with Crippen molar-refractivity contribution in [3.8, 4) is 5.75 Å². The van der Waals surface area contributed by atoms with E-state index in [0.717, 1.165) is 11.1 Å². The summed E-state index contributed by atoms with van der Waals surface area (Å²) in [5.41, 5.74) is 2.40. The van der Waals surface area contributed by atoms with E-state index < -0.39 is 6.09 Å². The Morgan fingerprint density at radius 2 is 1.59 bits per heavy atom. The van der Waals surface area contributed by atoms with Gasteiger partial charge >= 0.3 is 6.09 Å². The lowest BCUT2D eigenvalue weighted by Gasteiger charge is -2.24. The third-order valence-electron chi connectivity index (χ3n) is 4.81. The summed E-state index contributed by atoms with van der Waals surface area (Å²) in [6, 6.07) is 24.2. The Hall–Kier alpha value is -3.51. The van der Waals surface area contributed by atoms with Crippen LogP contribution in [0.5, 0.6) is 5.75 Å². The molecule has 3 aromatic carbocycles. The molecule has 0 aliphatic carbocycles. The van der Waals surface area contributed by atoms with E-state index in [1.165, 1.54) is 0 Å². The molecule has 0 spiro atoms. The van der Waals surface area contributed by atoms with Crippen LogP contribution >= 0.6 is 11.6 Å². The van der Waals surface area contributed by atoms with Gasteiger partial charge in [-0.3, -0.25) is 4.79 Å². The van der Waals surface area contributed by atoms with E-state index in [2.05, 4.69) is 5.32 Å². The average Bonchev–Trinajstić information content (AvgIpc) is 2.81. The quantitative estimate of drug-likeness (QED) is 0.413. The highest BCUT2D eigenvalue weighted by Gasteiger charge is 2.20. The van der Waals surface area contributed by atoms with E-state index >= 15 is 0 Å². The SMILES string of the molecule is O=C(O)NCCCN(Cc1ccc(Cl)cc1)C(=O)c1ccccc1OCc1ccccc1. The Balaban J connectivity index is 1.76.